The van der Waals surface area contributed by atoms with Crippen LogP contribution in [0, 0.1) is 0 Å². The third-order valence-corrected chi connectivity index (χ3v) is 4.11. The number of aromatic hydroxyl groups is 2. The van der Waals surface area contributed by atoms with Gasteiger partial charge in [-0.25, -0.2) is 0 Å². The first kappa shape index (κ1) is 16.9. The van der Waals surface area contributed by atoms with Crippen LogP contribution in [0.3, 0.4) is 0 Å². The van der Waals surface area contributed by atoms with Gasteiger partial charge in [-0.15, -0.1) is 0 Å². The molecule has 0 saturated heterocycles. The molecule has 0 radical (unpaired) electrons. The van der Waals surface area contributed by atoms with Crippen LogP contribution in [0.1, 0.15) is 37.3 Å². The number of rotatable bonds is 5. The van der Waals surface area contributed by atoms with Crippen LogP contribution in [0.4, 0.5) is 0 Å². The second kappa shape index (κ2) is 7.18. The van der Waals surface area contributed by atoms with Gasteiger partial charge in [0, 0.05) is 25.4 Å². The minimum Gasteiger partial charge on any atom is -0.508 e. The van der Waals surface area contributed by atoms with E-state index in [2.05, 4.69) is 0 Å². The van der Waals surface area contributed by atoms with E-state index in [4.69, 9.17) is 0 Å². The number of phenolic OH excluding ortho intramolecular Hbond substituents is 2. The number of carbonyl (C=O) groups excluding carboxylic acids is 1. The van der Waals surface area contributed by atoms with Crippen molar-refractivity contribution in [3.63, 3.8) is 0 Å². The second-order valence-electron chi connectivity index (χ2n) is 6.04. The van der Waals surface area contributed by atoms with E-state index in [0.29, 0.717) is 6.42 Å². The molecule has 0 aliphatic heterocycles. The van der Waals surface area contributed by atoms with Crippen LogP contribution >= 0.6 is 0 Å². The summed E-state index contributed by atoms with van der Waals surface area (Å²) in [5, 5.41) is 19.2. The summed E-state index contributed by atoms with van der Waals surface area (Å²) in [5.74, 6) is 0.239. The summed E-state index contributed by atoms with van der Waals surface area (Å²) in [6.07, 6.45) is 0.308. The molecule has 2 rings (SSSR count). The van der Waals surface area contributed by atoms with Crippen LogP contribution in [-0.2, 0) is 4.79 Å². The van der Waals surface area contributed by atoms with E-state index in [0.717, 1.165) is 11.1 Å². The van der Waals surface area contributed by atoms with Crippen LogP contribution in [-0.4, -0.2) is 34.1 Å². The largest absolute Gasteiger partial charge is 0.508 e. The highest BCUT2D eigenvalue weighted by molar-refractivity contribution is 5.77. The summed E-state index contributed by atoms with van der Waals surface area (Å²) < 4.78 is 0. The molecule has 2 aromatic carbocycles. The highest BCUT2D eigenvalue weighted by Crippen LogP contribution is 2.31. The first-order chi connectivity index (χ1) is 10.9. The Kier molecular flexibility index (Phi) is 5.27. The molecule has 0 bridgehead atoms. The van der Waals surface area contributed by atoms with Crippen LogP contribution in [0.15, 0.2) is 48.5 Å². The Balaban J connectivity index is 2.35. The Labute approximate surface area is 137 Å². The normalized spacial score (nSPS) is 12.2. The van der Waals surface area contributed by atoms with Crippen molar-refractivity contribution in [1.82, 2.24) is 4.90 Å². The number of hydrogen-bond acceptors (Lipinski definition) is 3. The maximum Gasteiger partial charge on any atom is 0.223 e. The van der Waals surface area contributed by atoms with Gasteiger partial charge in [-0.05, 0) is 49.2 Å². The van der Waals surface area contributed by atoms with Crippen LogP contribution in [0.25, 0.3) is 0 Å². The molecular weight excluding hydrogens is 290 g/mol. The van der Waals surface area contributed by atoms with Crippen molar-refractivity contribution < 1.29 is 15.0 Å². The molecule has 4 nitrogen and oxygen atoms in total. The first-order valence-corrected chi connectivity index (χ1v) is 7.72. The van der Waals surface area contributed by atoms with Crippen molar-refractivity contribution in [2.75, 3.05) is 7.05 Å². The summed E-state index contributed by atoms with van der Waals surface area (Å²) in [4.78, 5) is 14.2. The summed E-state index contributed by atoms with van der Waals surface area (Å²) >= 11 is 0. The quantitative estimate of drug-likeness (QED) is 0.888. The lowest BCUT2D eigenvalue weighted by molar-refractivity contribution is -0.131. The fraction of sp³-hybridized carbons (Fsp3) is 0.316. The third kappa shape index (κ3) is 4.25. The predicted octanol–water partition coefficient (Wildman–Crippen LogP) is 3.49. The Morgan fingerprint density at radius 3 is 2.22 bits per heavy atom. The lowest BCUT2D eigenvalue weighted by atomic mass is 9.88. The molecule has 4 heteroatoms. The van der Waals surface area contributed by atoms with E-state index in [1.54, 1.807) is 42.3 Å². The van der Waals surface area contributed by atoms with E-state index in [9.17, 15) is 15.0 Å². The van der Waals surface area contributed by atoms with E-state index in [1.807, 2.05) is 32.0 Å². The number of carbonyl (C=O) groups is 1. The van der Waals surface area contributed by atoms with Crippen LogP contribution in [0.2, 0.25) is 0 Å². The van der Waals surface area contributed by atoms with Crippen molar-refractivity contribution >= 4 is 5.91 Å². The standard InChI is InChI=1S/C19H23NO3/c1-13(2)20(3)19(23)12-18(14-7-9-16(21)10-8-14)15-5-4-6-17(22)11-15/h4-11,13,18,21-22H,12H2,1-3H3/t18-/m0/s1. The zero-order valence-electron chi connectivity index (χ0n) is 13.7. The molecule has 2 N–H and O–H groups in total. The molecule has 0 unspecified atom stereocenters. The van der Waals surface area contributed by atoms with Gasteiger partial charge < -0.3 is 15.1 Å². The third-order valence-electron chi connectivity index (χ3n) is 4.11. The fourth-order valence-electron chi connectivity index (χ4n) is 2.48. The smallest absolute Gasteiger partial charge is 0.223 e. The highest BCUT2D eigenvalue weighted by atomic mass is 16.3. The minimum absolute atomic E-state index is 0.0430. The van der Waals surface area contributed by atoms with E-state index < -0.39 is 0 Å². The molecule has 0 aliphatic rings. The first-order valence-electron chi connectivity index (χ1n) is 7.72. The molecule has 0 saturated carbocycles. The summed E-state index contributed by atoms with van der Waals surface area (Å²) in [7, 11) is 1.79. The molecule has 122 valence electrons. The molecule has 0 fully saturated rings. The topological polar surface area (TPSA) is 60.8 Å². The number of benzene rings is 2. The van der Waals surface area contributed by atoms with Crippen molar-refractivity contribution in [2.24, 2.45) is 0 Å². The Hall–Kier alpha value is -2.49. The molecule has 1 atom stereocenters. The summed E-state index contributed by atoms with van der Waals surface area (Å²) in [5.41, 5.74) is 1.81. The van der Waals surface area contributed by atoms with Gasteiger partial charge in [0.2, 0.25) is 5.91 Å². The average molecular weight is 313 g/mol. The van der Waals surface area contributed by atoms with Gasteiger partial charge >= 0.3 is 0 Å². The monoisotopic (exact) mass is 313 g/mol. The SMILES string of the molecule is CC(C)N(C)C(=O)C[C@@H](c1ccc(O)cc1)c1cccc(O)c1. The zero-order valence-corrected chi connectivity index (χ0v) is 13.7. The number of hydrogen-bond donors (Lipinski definition) is 2. The van der Waals surface area contributed by atoms with Crippen molar-refractivity contribution in [3.8, 4) is 11.5 Å². The van der Waals surface area contributed by atoms with Gasteiger partial charge in [-0.3, -0.25) is 4.79 Å². The molecular formula is C19H23NO3. The lowest BCUT2D eigenvalue weighted by Gasteiger charge is -2.25. The van der Waals surface area contributed by atoms with Crippen LogP contribution < -0.4 is 0 Å². The average Bonchev–Trinajstić information content (AvgIpc) is 2.52. The van der Waals surface area contributed by atoms with E-state index in [-0.39, 0.29) is 29.4 Å². The maximum absolute atomic E-state index is 12.5. The molecule has 0 heterocycles. The van der Waals surface area contributed by atoms with Gasteiger partial charge in [-0.1, -0.05) is 24.3 Å². The number of phenols is 2. The fourth-order valence-corrected chi connectivity index (χ4v) is 2.48. The highest BCUT2D eigenvalue weighted by Gasteiger charge is 2.22. The van der Waals surface area contributed by atoms with Crippen molar-refractivity contribution in [3.05, 3.63) is 59.7 Å². The molecule has 0 aromatic heterocycles. The van der Waals surface area contributed by atoms with Gasteiger partial charge in [0.25, 0.3) is 0 Å². The molecule has 0 aliphatic carbocycles. The summed E-state index contributed by atoms with van der Waals surface area (Å²) in [6.45, 7) is 3.95. The molecule has 1 amide bonds. The number of amides is 1. The second-order valence-corrected chi connectivity index (χ2v) is 6.04. The Morgan fingerprint density at radius 2 is 1.65 bits per heavy atom. The van der Waals surface area contributed by atoms with Gasteiger partial charge in [0.15, 0.2) is 0 Å². The van der Waals surface area contributed by atoms with Gasteiger partial charge in [0.05, 0.1) is 0 Å². The van der Waals surface area contributed by atoms with Crippen molar-refractivity contribution in [1.29, 1.82) is 0 Å². The van der Waals surface area contributed by atoms with Crippen LogP contribution in [0.5, 0.6) is 11.5 Å². The van der Waals surface area contributed by atoms with E-state index >= 15 is 0 Å². The lowest BCUT2D eigenvalue weighted by Crippen LogP contribution is -2.34. The summed E-state index contributed by atoms with van der Waals surface area (Å²) in [6, 6.07) is 13.9. The molecule has 2 aromatic rings. The Morgan fingerprint density at radius 1 is 1.00 bits per heavy atom. The zero-order chi connectivity index (χ0) is 17.0. The van der Waals surface area contributed by atoms with Gasteiger partial charge in [-0.2, -0.15) is 0 Å². The number of nitrogens with zero attached hydrogens (tertiary/aromatic N) is 1. The van der Waals surface area contributed by atoms with Gasteiger partial charge in [0.1, 0.15) is 11.5 Å². The maximum atomic E-state index is 12.5. The molecule has 0 spiro atoms. The Bertz CT molecular complexity index is 665. The predicted molar refractivity (Wildman–Crippen MR) is 90.6 cm³/mol. The van der Waals surface area contributed by atoms with Crippen molar-refractivity contribution in [2.45, 2.75) is 32.2 Å². The van der Waals surface area contributed by atoms with E-state index in [1.165, 1.54) is 0 Å². The molecule has 23 heavy (non-hydrogen) atoms. The minimum atomic E-state index is -0.170.